The average molecular weight is 453 g/mol. The molecule has 0 radical (unpaired) electrons. The van der Waals surface area contributed by atoms with Crippen LogP contribution < -0.4 is 10.3 Å². The summed E-state index contributed by atoms with van der Waals surface area (Å²) in [6, 6.07) is 21.9. The summed E-state index contributed by atoms with van der Waals surface area (Å²) in [5, 5.41) is 0. The maximum atomic E-state index is 12.9. The van der Waals surface area contributed by atoms with Crippen LogP contribution in [0.1, 0.15) is 21.6 Å². The molecule has 34 heavy (non-hydrogen) atoms. The number of amides is 1. The van der Waals surface area contributed by atoms with Gasteiger partial charge in [-0.3, -0.25) is 24.8 Å². The second-order valence-corrected chi connectivity index (χ2v) is 8.47. The van der Waals surface area contributed by atoms with Crippen LogP contribution in [0.3, 0.4) is 0 Å². The van der Waals surface area contributed by atoms with E-state index in [1.165, 1.54) is 5.56 Å². The van der Waals surface area contributed by atoms with E-state index in [2.05, 4.69) is 56.4 Å². The molecule has 0 atom stereocenters. The number of aromatic nitrogens is 3. The Kier molecular flexibility index (Phi) is 6.35. The number of hydrogen-bond donors (Lipinski definition) is 1. The molecule has 1 saturated heterocycles. The molecule has 0 bridgehead atoms. The average Bonchev–Trinajstić information content (AvgIpc) is 3.20. The molecule has 0 aliphatic carbocycles. The van der Waals surface area contributed by atoms with E-state index in [0.29, 0.717) is 5.56 Å². The highest BCUT2D eigenvalue weighted by atomic mass is 16.2. The van der Waals surface area contributed by atoms with E-state index in [1.54, 1.807) is 24.5 Å². The van der Waals surface area contributed by atoms with Gasteiger partial charge in [0.05, 0.1) is 5.69 Å². The molecule has 4 heterocycles. The highest BCUT2D eigenvalue weighted by Crippen LogP contribution is 2.26. The van der Waals surface area contributed by atoms with Gasteiger partial charge < -0.3 is 4.90 Å². The summed E-state index contributed by atoms with van der Waals surface area (Å²) < 4.78 is 1.91. The fraction of sp³-hybridized carbons (Fsp3) is 0.222. The highest BCUT2D eigenvalue weighted by Gasteiger charge is 2.21. The predicted molar refractivity (Wildman–Crippen MR) is 134 cm³/mol. The number of anilines is 1. The molecule has 0 spiro atoms. The SMILES string of the molecule is Cc1c(CN2CCN(c3ccccn3)CC2)cc(-c2ccccc2)n1NC(=O)c1ccncc1. The van der Waals surface area contributed by atoms with Gasteiger partial charge in [0.2, 0.25) is 0 Å². The number of carbonyl (C=O) groups excluding carboxylic acids is 1. The van der Waals surface area contributed by atoms with Crippen LogP contribution in [-0.4, -0.2) is 51.6 Å². The van der Waals surface area contributed by atoms with Gasteiger partial charge in [-0.2, -0.15) is 0 Å². The number of nitrogens with zero attached hydrogens (tertiary/aromatic N) is 5. The minimum Gasteiger partial charge on any atom is -0.354 e. The lowest BCUT2D eigenvalue weighted by Crippen LogP contribution is -2.46. The fourth-order valence-corrected chi connectivity index (χ4v) is 4.37. The normalized spacial score (nSPS) is 14.2. The molecule has 1 aliphatic heterocycles. The van der Waals surface area contributed by atoms with E-state index in [-0.39, 0.29) is 5.91 Å². The highest BCUT2D eigenvalue weighted by molar-refractivity contribution is 6.00. The molecule has 0 saturated carbocycles. The van der Waals surface area contributed by atoms with Gasteiger partial charge in [-0.05, 0) is 42.8 Å². The van der Waals surface area contributed by atoms with Crippen molar-refractivity contribution in [3.63, 3.8) is 0 Å². The van der Waals surface area contributed by atoms with Crippen LogP contribution in [0, 0.1) is 6.92 Å². The lowest BCUT2D eigenvalue weighted by atomic mass is 10.1. The molecular weight excluding hydrogens is 424 g/mol. The quantitative estimate of drug-likeness (QED) is 0.480. The monoisotopic (exact) mass is 452 g/mol. The lowest BCUT2D eigenvalue weighted by molar-refractivity contribution is 0.101. The first-order chi connectivity index (χ1) is 16.7. The van der Waals surface area contributed by atoms with Gasteiger partial charge in [0.15, 0.2) is 0 Å². The van der Waals surface area contributed by atoms with Crippen molar-refractivity contribution in [1.29, 1.82) is 0 Å². The van der Waals surface area contributed by atoms with Gasteiger partial charge in [-0.1, -0.05) is 36.4 Å². The molecule has 4 aromatic rings. The van der Waals surface area contributed by atoms with E-state index >= 15 is 0 Å². The molecule has 3 aromatic heterocycles. The summed E-state index contributed by atoms with van der Waals surface area (Å²) >= 11 is 0. The van der Waals surface area contributed by atoms with E-state index in [0.717, 1.165) is 55.5 Å². The zero-order valence-electron chi connectivity index (χ0n) is 19.3. The van der Waals surface area contributed by atoms with Crippen LogP contribution in [0.5, 0.6) is 0 Å². The molecule has 1 aromatic carbocycles. The minimum absolute atomic E-state index is 0.159. The van der Waals surface area contributed by atoms with Crippen LogP contribution in [0.4, 0.5) is 5.82 Å². The standard InChI is InChI=1S/C27H28N6O/c1-21-24(20-31-15-17-32(18-16-31)26-9-5-6-12-29-26)19-25(22-7-3-2-4-8-22)33(21)30-27(34)23-10-13-28-14-11-23/h2-14,19H,15-18,20H2,1H3,(H,30,34). The summed E-state index contributed by atoms with van der Waals surface area (Å²) in [5.41, 5.74) is 7.95. The Morgan fingerprint density at radius 1 is 0.912 bits per heavy atom. The maximum absolute atomic E-state index is 12.9. The van der Waals surface area contributed by atoms with Crippen LogP contribution in [-0.2, 0) is 6.54 Å². The van der Waals surface area contributed by atoms with Crippen LogP contribution >= 0.6 is 0 Å². The zero-order chi connectivity index (χ0) is 23.3. The van der Waals surface area contributed by atoms with Gasteiger partial charge in [-0.25, -0.2) is 4.98 Å². The zero-order valence-corrected chi connectivity index (χ0v) is 19.3. The predicted octanol–water partition coefficient (Wildman–Crippen LogP) is 3.96. The smallest absolute Gasteiger partial charge is 0.270 e. The van der Waals surface area contributed by atoms with E-state index in [4.69, 9.17) is 0 Å². The molecule has 7 heteroatoms. The second kappa shape index (κ2) is 9.89. The summed E-state index contributed by atoms with van der Waals surface area (Å²) in [6.45, 7) is 6.72. The molecule has 5 rings (SSSR count). The Balaban J connectivity index is 1.36. The van der Waals surface area contributed by atoms with Crippen LogP contribution in [0.2, 0.25) is 0 Å². The Morgan fingerprint density at radius 3 is 2.35 bits per heavy atom. The molecular formula is C27H28N6O. The number of rotatable bonds is 6. The van der Waals surface area contributed by atoms with Crippen molar-refractivity contribution >= 4 is 11.7 Å². The molecule has 0 unspecified atom stereocenters. The third kappa shape index (κ3) is 4.70. The second-order valence-electron chi connectivity index (χ2n) is 8.47. The third-order valence-electron chi connectivity index (χ3n) is 6.32. The number of hydrogen-bond acceptors (Lipinski definition) is 5. The number of nitrogens with one attached hydrogen (secondary N) is 1. The maximum Gasteiger partial charge on any atom is 0.270 e. The minimum atomic E-state index is -0.159. The van der Waals surface area contributed by atoms with Gasteiger partial charge in [0.1, 0.15) is 5.82 Å². The molecule has 172 valence electrons. The van der Waals surface area contributed by atoms with Crippen molar-refractivity contribution in [1.82, 2.24) is 19.5 Å². The van der Waals surface area contributed by atoms with Crippen molar-refractivity contribution in [2.24, 2.45) is 0 Å². The van der Waals surface area contributed by atoms with Crippen molar-refractivity contribution < 1.29 is 4.79 Å². The molecule has 1 fully saturated rings. The van der Waals surface area contributed by atoms with Crippen molar-refractivity contribution in [2.75, 3.05) is 36.5 Å². The van der Waals surface area contributed by atoms with Crippen molar-refractivity contribution in [2.45, 2.75) is 13.5 Å². The summed E-state index contributed by atoms with van der Waals surface area (Å²) in [5.74, 6) is 0.878. The lowest BCUT2D eigenvalue weighted by Gasteiger charge is -2.35. The van der Waals surface area contributed by atoms with E-state index in [1.807, 2.05) is 41.2 Å². The van der Waals surface area contributed by atoms with Gasteiger partial charge in [0.25, 0.3) is 5.91 Å². The summed E-state index contributed by atoms with van der Waals surface area (Å²) in [6.07, 6.45) is 5.11. The Labute approximate surface area is 199 Å². The van der Waals surface area contributed by atoms with E-state index in [9.17, 15) is 4.79 Å². The number of carbonyl (C=O) groups is 1. The van der Waals surface area contributed by atoms with Crippen molar-refractivity contribution in [3.05, 3.63) is 102 Å². The number of benzene rings is 1. The van der Waals surface area contributed by atoms with Gasteiger partial charge in [-0.15, -0.1) is 0 Å². The van der Waals surface area contributed by atoms with E-state index < -0.39 is 0 Å². The fourth-order valence-electron chi connectivity index (χ4n) is 4.37. The van der Waals surface area contributed by atoms with Crippen LogP contribution in [0.25, 0.3) is 11.3 Å². The van der Waals surface area contributed by atoms with Gasteiger partial charge >= 0.3 is 0 Å². The topological polar surface area (TPSA) is 66.3 Å². The Morgan fingerprint density at radius 2 is 1.65 bits per heavy atom. The number of pyridine rings is 2. The number of piperazine rings is 1. The first kappa shape index (κ1) is 21.9. The molecule has 1 aliphatic rings. The van der Waals surface area contributed by atoms with Crippen LogP contribution in [0.15, 0.2) is 85.3 Å². The summed E-state index contributed by atoms with van der Waals surface area (Å²) in [4.78, 5) is 26.2. The summed E-state index contributed by atoms with van der Waals surface area (Å²) in [7, 11) is 0. The Bertz CT molecular complexity index is 1230. The molecule has 1 amide bonds. The first-order valence-corrected chi connectivity index (χ1v) is 11.6. The third-order valence-corrected chi connectivity index (χ3v) is 6.32. The Hall–Kier alpha value is -3.97. The molecule has 1 N–H and O–H groups in total. The largest absolute Gasteiger partial charge is 0.354 e. The van der Waals surface area contributed by atoms with Gasteiger partial charge in [0, 0.05) is 68.1 Å². The molecule has 7 nitrogen and oxygen atoms in total. The first-order valence-electron chi connectivity index (χ1n) is 11.6. The van der Waals surface area contributed by atoms with Crippen molar-refractivity contribution in [3.8, 4) is 11.3 Å².